The Morgan fingerprint density at radius 3 is 2.78 bits per heavy atom. The van der Waals surface area contributed by atoms with Gasteiger partial charge in [-0.2, -0.15) is 9.97 Å². The van der Waals surface area contributed by atoms with Gasteiger partial charge >= 0.3 is 0 Å². The van der Waals surface area contributed by atoms with E-state index >= 15 is 0 Å². The van der Waals surface area contributed by atoms with Crippen molar-refractivity contribution in [3.63, 3.8) is 0 Å². The number of aromatic nitrogens is 2. The molecule has 1 aliphatic carbocycles. The molecular weight excluding hydrogens is 232 g/mol. The number of rotatable bonds is 4. The van der Waals surface area contributed by atoms with Gasteiger partial charge < -0.3 is 20.9 Å². The van der Waals surface area contributed by atoms with Gasteiger partial charge in [0.1, 0.15) is 5.82 Å². The average Bonchev–Trinajstić information content (AvgIpc) is 2.37. The van der Waals surface area contributed by atoms with Crippen LogP contribution in [0.15, 0.2) is 6.07 Å². The van der Waals surface area contributed by atoms with Crippen LogP contribution in [-0.2, 0) is 0 Å². The SMILES string of the molecule is COc1cc(NCC2(O)CCCCC2)nc(N)n1. The van der Waals surface area contributed by atoms with Gasteiger partial charge in [0.05, 0.1) is 12.7 Å². The molecule has 1 heterocycles. The molecular formula is C12H20N4O2. The molecule has 100 valence electrons. The van der Waals surface area contributed by atoms with E-state index in [1.807, 2.05) is 0 Å². The van der Waals surface area contributed by atoms with Crippen LogP contribution in [-0.4, -0.2) is 34.3 Å². The summed E-state index contributed by atoms with van der Waals surface area (Å²) in [5.41, 5.74) is 4.94. The Bertz CT molecular complexity index is 405. The lowest BCUT2D eigenvalue weighted by Gasteiger charge is -2.32. The summed E-state index contributed by atoms with van der Waals surface area (Å²) in [4.78, 5) is 7.97. The van der Waals surface area contributed by atoms with Crippen molar-refractivity contribution in [1.82, 2.24) is 9.97 Å². The van der Waals surface area contributed by atoms with Gasteiger partial charge in [0.15, 0.2) is 0 Å². The third-order valence-electron chi connectivity index (χ3n) is 3.31. The Hall–Kier alpha value is -1.56. The minimum atomic E-state index is -0.634. The number of anilines is 2. The van der Waals surface area contributed by atoms with E-state index in [1.54, 1.807) is 6.07 Å². The summed E-state index contributed by atoms with van der Waals surface area (Å²) in [6.45, 7) is 0.479. The van der Waals surface area contributed by atoms with Gasteiger partial charge in [0.25, 0.3) is 0 Å². The molecule has 0 aromatic carbocycles. The summed E-state index contributed by atoms with van der Waals surface area (Å²) >= 11 is 0. The molecule has 0 bridgehead atoms. The maximum absolute atomic E-state index is 10.4. The first-order chi connectivity index (χ1) is 8.61. The van der Waals surface area contributed by atoms with Gasteiger partial charge in [-0.1, -0.05) is 19.3 Å². The Morgan fingerprint density at radius 2 is 2.11 bits per heavy atom. The summed E-state index contributed by atoms with van der Waals surface area (Å²) in [5, 5.41) is 13.5. The third kappa shape index (κ3) is 3.22. The van der Waals surface area contributed by atoms with Gasteiger partial charge in [-0.25, -0.2) is 0 Å². The Balaban J connectivity index is 1.98. The van der Waals surface area contributed by atoms with E-state index in [0.29, 0.717) is 18.2 Å². The fraction of sp³-hybridized carbons (Fsp3) is 0.667. The smallest absolute Gasteiger partial charge is 0.225 e. The van der Waals surface area contributed by atoms with Crippen LogP contribution in [0.25, 0.3) is 0 Å². The second kappa shape index (κ2) is 5.39. The summed E-state index contributed by atoms with van der Waals surface area (Å²) in [6, 6.07) is 1.67. The highest BCUT2D eigenvalue weighted by Gasteiger charge is 2.28. The number of ether oxygens (including phenoxy) is 1. The van der Waals surface area contributed by atoms with Gasteiger partial charge in [-0.3, -0.25) is 0 Å². The number of hydrogen-bond acceptors (Lipinski definition) is 6. The molecule has 2 rings (SSSR count). The number of aliphatic hydroxyl groups is 1. The molecule has 1 saturated carbocycles. The highest BCUT2D eigenvalue weighted by atomic mass is 16.5. The van der Waals surface area contributed by atoms with Crippen molar-refractivity contribution >= 4 is 11.8 Å². The van der Waals surface area contributed by atoms with Crippen molar-refractivity contribution in [1.29, 1.82) is 0 Å². The first-order valence-electron chi connectivity index (χ1n) is 6.26. The summed E-state index contributed by atoms with van der Waals surface area (Å²) in [6.07, 6.45) is 5.02. The van der Waals surface area contributed by atoms with Crippen LogP contribution in [0, 0.1) is 0 Å². The molecule has 0 saturated heterocycles. The van der Waals surface area contributed by atoms with E-state index in [1.165, 1.54) is 13.5 Å². The topological polar surface area (TPSA) is 93.3 Å². The van der Waals surface area contributed by atoms with Crippen LogP contribution in [0.2, 0.25) is 0 Å². The van der Waals surface area contributed by atoms with E-state index in [4.69, 9.17) is 10.5 Å². The molecule has 1 aromatic heterocycles. The van der Waals surface area contributed by atoms with E-state index < -0.39 is 5.60 Å². The van der Waals surface area contributed by atoms with E-state index in [-0.39, 0.29) is 5.95 Å². The molecule has 18 heavy (non-hydrogen) atoms. The first kappa shape index (κ1) is 12.9. The lowest BCUT2D eigenvalue weighted by molar-refractivity contribution is 0.0166. The van der Waals surface area contributed by atoms with Crippen molar-refractivity contribution in [3.8, 4) is 5.88 Å². The average molecular weight is 252 g/mol. The van der Waals surface area contributed by atoms with Crippen molar-refractivity contribution in [3.05, 3.63) is 6.07 Å². The van der Waals surface area contributed by atoms with E-state index in [2.05, 4.69) is 15.3 Å². The Labute approximate surface area is 107 Å². The van der Waals surface area contributed by atoms with E-state index in [0.717, 1.165) is 25.7 Å². The maximum Gasteiger partial charge on any atom is 0.225 e. The first-order valence-corrected chi connectivity index (χ1v) is 6.26. The van der Waals surface area contributed by atoms with Gasteiger partial charge in [0.2, 0.25) is 11.8 Å². The molecule has 0 atom stereocenters. The van der Waals surface area contributed by atoms with Gasteiger partial charge in [-0.05, 0) is 12.8 Å². The zero-order valence-corrected chi connectivity index (χ0v) is 10.6. The fourth-order valence-corrected chi connectivity index (χ4v) is 2.28. The Morgan fingerprint density at radius 1 is 1.39 bits per heavy atom. The third-order valence-corrected chi connectivity index (χ3v) is 3.31. The van der Waals surface area contributed by atoms with Gasteiger partial charge in [0, 0.05) is 12.6 Å². The predicted octanol–water partition coefficient (Wildman–Crippen LogP) is 1.17. The number of methoxy groups -OCH3 is 1. The molecule has 4 N–H and O–H groups in total. The molecule has 0 unspecified atom stereocenters. The lowest BCUT2D eigenvalue weighted by atomic mass is 9.85. The standard InChI is InChI=1S/C12H20N4O2/c1-18-10-7-9(15-11(13)16-10)14-8-12(17)5-3-2-4-6-12/h7,17H,2-6,8H2,1H3,(H3,13,14,15,16). The van der Waals surface area contributed by atoms with Crippen LogP contribution in [0.4, 0.5) is 11.8 Å². The monoisotopic (exact) mass is 252 g/mol. The van der Waals surface area contributed by atoms with E-state index in [9.17, 15) is 5.11 Å². The molecule has 0 aliphatic heterocycles. The number of nitrogen functional groups attached to an aromatic ring is 1. The minimum absolute atomic E-state index is 0.160. The van der Waals surface area contributed by atoms with Crippen LogP contribution in [0.5, 0.6) is 5.88 Å². The highest BCUT2D eigenvalue weighted by molar-refractivity contribution is 5.43. The number of nitrogens with one attached hydrogen (secondary N) is 1. The molecule has 1 aromatic rings. The zero-order chi connectivity index (χ0) is 13.0. The second-order valence-electron chi connectivity index (χ2n) is 4.79. The molecule has 6 heteroatoms. The van der Waals surface area contributed by atoms with Crippen LogP contribution in [0.1, 0.15) is 32.1 Å². The second-order valence-corrected chi connectivity index (χ2v) is 4.79. The van der Waals surface area contributed by atoms with Crippen molar-refractivity contribution < 1.29 is 9.84 Å². The minimum Gasteiger partial charge on any atom is -0.481 e. The molecule has 6 nitrogen and oxygen atoms in total. The number of hydrogen-bond donors (Lipinski definition) is 3. The van der Waals surface area contributed by atoms with Crippen LogP contribution < -0.4 is 15.8 Å². The maximum atomic E-state index is 10.4. The molecule has 0 radical (unpaired) electrons. The number of nitrogens with zero attached hydrogens (tertiary/aromatic N) is 2. The quantitative estimate of drug-likeness (QED) is 0.745. The molecule has 1 aliphatic rings. The van der Waals surface area contributed by atoms with Crippen molar-refractivity contribution in [2.45, 2.75) is 37.7 Å². The van der Waals surface area contributed by atoms with Crippen LogP contribution in [0.3, 0.4) is 0 Å². The normalized spacial score (nSPS) is 18.3. The summed E-state index contributed by atoms with van der Waals surface area (Å²) < 4.78 is 5.02. The van der Waals surface area contributed by atoms with Gasteiger partial charge in [-0.15, -0.1) is 0 Å². The molecule has 0 amide bonds. The van der Waals surface area contributed by atoms with Crippen LogP contribution >= 0.6 is 0 Å². The predicted molar refractivity (Wildman–Crippen MR) is 69.5 cm³/mol. The molecule has 0 spiro atoms. The summed E-state index contributed by atoms with van der Waals surface area (Å²) in [7, 11) is 1.53. The molecule has 1 fully saturated rings. The van der Waals surface area contributed by atoms with Crippen molar-refractivity contribution in [2.24, 2.45) is 0 Å². The fourth-order valence-electron chi connectivity index (χ4n) is 2.28. The highest BCUT2D eigenvalue weighted by Crippen LogP contribution is 2.28. The number of nitrogens with two attached hydrogens (primary N) is 1. The Kier molecular flexibility index (Phi) is 3.86. The summed E-state index contributed by atoms with van der Waals surface area (Å²) in [5.74, 6) is 1.16. The zero-order valence-electron chi connectivity index (χ0n) is 10.6. The van der Waals surface area contributed by atoms with Crippen molar-refractivity contribution in [2.75, 3.05) is 24.7 Å². The lowest BCUT2D eigenvalue weighted by Crippen LogP contribution is -2.39. The largest absolute Gasteiger partial charge is 0.481 e.